The maximum atomic E-state index is 13.4. The third-order valence-electron chi connectivity index (χ3n) is 5.83. The van der Waals surface area contributed by atoms with Gasteiger partial charge in [-0.05, 0) is 50.8 Å². The van der Waals surface area contributed by atoms with Crippen LogP contribution in [0.5, 0.6) is 0 Å². The van der Waals surface area contributed by atoms with Crippen LogP contribution in [0.1, 0.15) is 51.5 Å². The van der Waals surface area contributed by atoms with E-state index in [9.17, 15) is 13.2 Å². The number of benzene rings is 1. The zero-order valence-corrected chi connectivity index (χ0v) is 17.3. The van der Waals surface area contributed by atoms with Crippen LogP contribution in [0.2, 0.25) is 0 Å². The maximum absolute atomic E-state index is 13.4. The van der Waals surface area contributed by atoms with Crippen LogP contribution < -0.4 is 4.90 Å². The summed E-state index contributed by atoms with van der Waals surface area (Å²) in [4.78, 5) is 15.3. The van der Waals surface area contributed by atoms with Crippen molar-refractivity contribution in [2.45, 2.75) is 62.7 Å². The van der Waals surface area contributed by atoms with Crippen LogP contribution >= 0.6 is 0 Å². The van der Waals surface area contributed by atoms with Crippen LogP contribution in [0.15, 0.2) is 23.1 Å². The number of rotatable bonds is 5. The summed E-state index contributed by atoms with van der Waals surface area (Å²) in [7, 11) is -3.59. The van der Waals surface area contributed by atoms with Gasteiger partial charge in [0.25, 0.3) is 11.7 Å². The lowest BCUT2D eigenvalue weighted by Crippen LogP contribution is -2.49. The average molecular weight is 409 g/mol. The maximum Gasteiger partial charge on any atom is 0.292 e. The molecule has 154 valence electrons. The number of sulfonamides is 1. The van der Waals surface area contributed by atoms with E-state index < -0.39 is 15.8 Å². The van der Waals surface area contributed by atoms with Crippen molar-refractivity contribution >= 4 is 21.6 Å². The summed E-state index contributed by atoms with van der Waals surface area (Å²) in [6.45, 7) is 5.97. The first-order valence-electron chi connectivity index (χ1n) is 10.2. The van der Waals surface area contributed by atoms with Gasteiger partial charge in [0, 0.05) is 24.7 Å². The molecule has 2 saturated heterocycles. The lowest BCUT2D eigenvalue weighted by Gasteiger charge is -2.33. The van der Waals surface area contributed by atoms with E-state index in [-0.39, 0.29) is 16.8 Å². The lowest BCUT2D eigenvalue weighted by molar-refractivity contribution is -0.257. The highest BCUT2D eigenvalue weighted by atomic mass is 32.2. The van der Waals surface area contributed by atoms with Crippen molar-refractivity contribution in [2.75, 3.05) is 31.2 Å². The predicted molar refractivity (Wildman–Crippen MR) is 104 cm³/mol. The Hall–Kier alpha value is -1.48. The number of hydrogen-bond donors (Lipinski definition) is 0. The Labute approximate surface area is 166 Å². The minimum Gasteiger partial charge on any atom is -0.338 e. The van der Waals surface area contributed by atoms with Gasteiger partial charge in [-0.3, -0.25) is 4.79 Å². The van der Waals surface area contributed by atoms with Gasteiger partial charge < -0.3 is 14.4 Å². The molecule has 1 unspecified atom stereocenters. The van der Waals surface area contributed by atoms with Crippen LogP contribution in [0.3, 0.4) is 0 Å². The fourth-order valence-corrected chi connectivity index (χ4v) is 5.95. The van der Waals surface area contributed by atoms with E-state index >= 15 is 0 Å². The van der Waals surface area contributed by atoms with Crippen molar-refractivity contribution < 1.29 is 22.7 Å². The second-order valence-corrected chi connectivity index (χ2v) is 9.71. The van der Waals surface area contributed by atoms with E-state index in [1.54, 1.807) is 23.1 Å². The quantitative estimate of drug-likeness (QED) is 0.749. The molecule has 1 aromatic rings. The van der Waals surface area contributed by atoms with Gasteiger partial charge in [0.2, 0.25) is 10.0 Å². The van der Waals surface area contributed by atoms with Gasteiger partial charge in [0.05, 0.1) is 23.8 Å². The fourth-order valence-electron chi connectivity index (χ4n) is 4.41. The highest BCUT2D eigenvalue weighted by Gasteiger charge is 2.56. The summed E-state index contributed by atoms with van der Waals surface area (Å²) >= 11 is 0. The molecule has 0 saturated carbocycles. The molecule has 1 amide bonds. The Bertz CT molecular complexity index is 857. The van der Waals surface area contributed by atoms with E-state index in [4.69, 9.17) is 9.47 Å². The van der Waals surface area contributed by atoms with Gasteiger partial charge in [-0.15, -0.1) is 0 Å². The van der Waals surface area contributed by atoms with Gasteiger partial charge in [-0.25, -0.2) is 8.42 Å². The molecule has 1 spiro atoms. The number of carbonyl (C=O) groups is 1. The summed E-state index contributed by atoms with van der Waals surface area (Å²) < 4.78 is 39.4. The van der Waals surface area contributed by atoms with Crippen molar-refractivity contribution in [3.05, 3.63) is 23.8 Å². The summed E-state index contributed by atoms with van der Waals surface area (Å²) in [6, 6.07) is 4.90. The minimum atomic E-state index is -3.59. The molecule has 3 aliphatic heterocycles. The van der Waals surface area contributed by atoms with E-state index in [2.05, 4.69) is 6.92 Å². The Morgan fingerprint density at radius 1 is 1.14 bits per heavy atom. The van der Waals surface area contributed by atoms with E-state index in [0.29, 0.717) is 44.0 Å². The van der Waals surface area contributed by atoms with Crippen LogP contribution in [-0.2, 0) is 30.1 Å². The van der Waals surface area contributed by atoms with Crippen molar-refractivity contribution in [1.82, 2.24) is 4.31 Å². The minimum absolute atomic E-state index is 0.0224. The summed E-state index contributed by atoms with van der Waals surface area (Å²) in [6.07, 6.45) is 4.24. The number of carbonyl (C=O) groups excluding carboxylic acids is 1. The Morgan fingerprint density at radius 2 is 1.82 bits per heavy atom. The number of nitrogens with zero attached hydrogens (tertiary/aromatic N) is 2. The zero-order chi connectivity index (χ0) is 19.9. The molecule has 3 heterocycles. The summed E-state index contributed by atoms with van der Waals surface area (Å²) in [5, 5.41) is 0. The normalized spacial score (nSPS) is 23.4. The van der Waals surface area contributed by atoms with Gasteiger partial charge in [-0.1, -0.05) is 13.3 Å². The molecule has 2 fully saturated rings. The van der Waals surface area contributed by atoms with Gasteiger partial charge in [-0.2, -0.15) is 4.31 Å². The summed E-state index contributed by atoms with van der Waals surface area (Å²) in [5.74, 6) is -1.77. The van der Waals surface area contributed by atoms with Gasteiger partial charge in [0.1, 0.15) is 0 Å². The first kappa shape index (κ1) is 19.8. The average Bonchev–Trinajstić information content (AvgIpc) is 3.30. The molecule has 28 heavy (non-hydrogen) atoms. The molecule has 1 atom stereocenters. The predicted octanol–water partition coefficient (Wildman–Crippen LogP) is 2.60. The number of fused-ring (bicyclic) bond motifs is 2. The Morgan fingerprint density at radius 3 is 2.46 bits per heavy atom. The van der Waals surface area contributed by atoms with E-state index in [1.807, 2.05) is 6.92 Å². The van der Waals surface area contributed by atoms with Crippen LogP contribution in [-0.4, -0.2) is 51.0 Å². The molecule has 0 bridgehead atoms. The number of ether oxygens (including phenoxy) is 2. The molecular formula is C20H28N2O5S. The molecule has 3 aliphatic rings. The van der Waals surface area contributed by atoms with Crippen LogP contribution in [0, 0.1) is 0 Å². The monoisotopic (exact) mass is 408 g/mol. The van der Waals surface area contributed by atoms with Crippen molar-refractivity contribution in [3.8, 4) is 0 Å². The van der Waals surface area contributed by atoms with Crippen molar-refractivity contribution in [2.24, 2.45) is 0 Å². The van der Waals surface area contributed by atoms with E-state index in [0.717, 1.165) is 25.7 Å². The molecule has 0 aromatic heterocycles. The van der Waals surface area contributed by atoms with Gasteiger partial charge in [0.15, 0.2) is 0 Å². The third kappa shape index (κ3) is 2.98. The van der Waals surface area contributed by atoms with Crippen LogP contribution in [0.25, 0.3) is 0 Å². The molecule has 1 aromatic carbocycles. The summed E-state index contributed by atoms with van der Waals surface area (Å²) in [5.41, 5.74) is 1.20. The molecule has 0 N–H and O–H groups in total. The zero-order valence-electron chi connectivity index (χ0n) is 16.5. The van der Waals surface area contributed by atoms with E-state index in [1.165, 1.54) is 4.31 Å². The molecule has 0 radical (unpaired) electrons. The lowest BCUT2D eigenvalue weighted by atomic mass is 10.1. The molecule has 8 heteroatoms. The van der Waals surface area contributed by atoms with Crippen molar-refractivity contribution in [3.63, 3.8) is 0 Å². The topological polar surface area (TPSA) is 76.1 Å². The SMILES string of the molecule is CCCC(C)N1C(=O)C2(OCCCO2)c2cc(S(=O)(=O)N3CCCC3)ccc21. The fraction of sp³-hybridized carbons (Fsp3) is 0.650. The molecule has 4 rings (SSSR count). The molecule has 7 nitrogen and oxygen atoms in total. The Kier molecular flexibility index (Phi) is 5.24. The number of amides is 1. The second kappa shape index (κ2) is 7.40. The van der Waals surface area contributed by atoms with Crippen LogP contribution in [0.4, 0.5) is 5.69 Å². The first-order valence-corrected chi connectivity index (χ1v) is 11.6. The largest absolute Gasteiger partial charge is 0.338 e. The Balaban J connectivity index is 1.81. The molecule has 0 aliphatic carbocycles. The van der Waals surface area contributed by atoms with Crippen molar-refractivity contribution in [1.29, 1.82) is 0 Å². The second-order valence-electron chi connectivity index (χ2n) is 7.77. The third-order valence-corrected chi connectivity index (χ3v) is 7.73. The highest BCUT2D eigenvalue weighted by molar-refractivity contribution is 7.89. The highest BCUT2D eigenvalue weighted by Crippen LogP contribution is 2.47. The standard InChI is InChI=1S/C20H28N2O5S/c1-3-7-15(2)22-18-9-8-16(28(24,25)21-10-4-5-11-21)14-17(18)20(19(22)23)26-12-6-13-27-20/h8-9,14-15H,3-7,10-13H2,1-2H3. The smallest absolute Gasteiger partial charge is 0.292 e. The number of hydrogen-bond acceptors (Lipinski definition) is 5. The first-order chi connectivity index (χ1) is 13.4. The van der Waals surface area contributed by atoms with Gasteiger partial charge >= 0.3 is 0 Å². The molecular weight excluding hydrogens is 380 g/mol. The number of anilines is 1.